The Morgan fingerprint density at radius 3 is 2.71 bits per heavy atom. The summed E-state index contributed by atoms with van der Waals surface area (Å²) in [6.45, 7) is 9.27. The van der Waals surface area contributed by atoms with Gasteiger partial charge in [-0.3, -0.25) is 9.48 Å². The minimum Gasteiger partial charge on any atom is -0.372 e. The molecule has 2 rings (SSSR count). The molecule has 0 unspecified atom stereocenters. The first-order chi connectivity index (χ1) is 13.6. The highest BCUT2D eigenvalue weighted by atomic mass is 16.1. The van der Waals surface area contributed by atoms with E-state index in [9.17, 15) is 4.79 Å². The van der Waals surface area contributed by atoms with E-state index in [1.165, 1.54) is 5.69 Å². The van der Waals surface area contributed by atoms with E-state index in [4.69, 9.17) is 5.26 Å². The van der Waals surface area contributed by atoms with Crippen molar-refractivity contribution in [3.8, 4) is 6.07 Å². The Morgan fingerprint density at radius 2 is 2.04 bits per heavy atom. The van der Waals surface area contributed by atoms with Crippen molar-refractivity contribution in [1.82, 2.24) is 15.1 Å². The molecule has 1 aromatic heterocycles. The molecular weight excluding hydrogens is 350 g/mol. The van der Waals surface area contributed by atoms with Crippen LogP contribution in [-0.4, -0.2) is 35.3 Å². The number of nitriles is 1. The quantitative estimate of drug-likeness (QED) is 0.606. The summed E-state index contributed by atoms with van der Waals surface area (Å²) in [7, 11) is 0. The Kier molecular flexibility index (Phi) is 8.54. The number of aryl methyl sites for hydroxylation is 2. The molecule has 0 radical (unpaired) electrons. The first kappa shape index (κ1) is 21.5. The fourth-order valence-electron chi connectivity index (χ4n) is 3.40. The van der Waals surface area contributed by atoms with Crippen LogP contribution in [0.25, 0.3) is 0 Å². The number of benzene rings is 1. The minimum atomic E-state index is 0.0753. The molecule has 0 fully saturated rings. The van der Waals surface area contributed by atoms with Crippen LogP contribution in [0.3, 0.4) is 0 Å². The Balaban J connectivity index is 1.73. The molecule has 150 valence electrons. The zero-order valence-corrected chi connectivity index (χ0v) is 17.2. The molecule has 1 aromatic carbocycles. The number of rotatable bonds is 11. The summed E-state index contributed by atoms with van der Waals surface area (Å²) in [6, 6.07) is 12.5. The van der Waals surface area contributed by atoms with Crippen LogP contribution in [0, 0.1) is 25.2 Å². The number of anilines is 1. The summed E-state index contributed by atoms with van der Waals surface area (Å²) in [5.74, 6) is 0.0753. The molecule has 0 atom stereocenters. The summed E-state index contributed by atoms with van der Waals surface area (Å²) in [6.07, 6.45) is 2.50. The van der Waals surface area contributed by atoms with Gasteiger partial charge in [-0.15, -0.1) is 0 Å². The Labute approximate surface area is 168 Å². The number of carbonyl (C=O) groups excluding carboxylic acids is 1. The molecule has 6 nitrogen and oxygen atoms in total. The molecular formula is C22H31N5O. The maximum Gasteiger partial charge on any atom is 0.220 e. The summed E-state index contributed by atoms with van der Waals surface area (Å²) in [4.78, 5) is 14.5. The van der Waals surface area contributed by atoms with Crippen molar-refractivity contribution >= 4 is 11.6 Å². The number of para-hydroxylation sites is 1. The minimum absolute atomic E-state index is 0.0753. The van der Waals surface area contributed by atoms with Crippen LogP contribution < -0.4 is 10.2 Å². The average molecular weight is 382 g/mol. The van der Waals surface area contributed by atoms with E-state index >= 15 is 0 Å². The zero-order valence-electron chi connectivity index (χ0n) is 17.2. The summed E-state index contributed by atoms with van der Waals surface area (Å²) in [5.41, 5.74) is 4.34. The van der Waals surface area contributed by atoms with Crippen molar-refractivity contribution in [1.29, 1.82) is 5.26 Å². The van der Waals surface area contributed by atoms with Gasteiger partial charge in [0, 0.05) is 37.4 Å². The Morgan fingerprint density at radius 1 is 1.29 bits per heavy atom. The lowest BCUT2D eigenvalue weighted by atomic mass is 10.1. The third kappa shape index (κ3) is 6.12. The lowest BCUT2D eigenvalue weighted by Crippen LogP contribution is -2.30. The second kappa shape index (κ2) is 11.1. The maximum atomic E-state index is 12.2. The SMILES string of the molecule is CCN(CCCNC(=O)CCc1c(C)nn(CCC#N)c1C)c1ccccc1. The zero-order chi connectivity index (χ0) is 20.4. The van der Waals surface area contributed by atoms with Gasteiger partial charge in [0.2, 0.25) is 5.91 Å². The van der Waals surface area contributed by atoms with Crippen LogP contribution in [0.2, 0.25) is 0 Å². The lowest BCUT2D eigenvalue weighted by molar-refractivity contribution is -0.121. The van der Waals surface area contributed by atoms with Gasteiger partial charge in [0.25, 0.3) is 0 Å². The van der Waals surface area contributed by atoms with E-state index in [-0.39, 0.29) is 5.91 Å². The number of hydrogen-bond donors (Lipinski definition) is 1. The van der Waals surface area contributed by atoms with E-state index in [1.807, 2.05) is 36.7 Å². The molecule has 0 saturated carbocycles. The number of aromatic nitrogens is 2. The van der Waals surface area contributed by atoms with Crippen LogP contribution in [0.15, 0.2) is 30.3 Å². The van der Waals surface area contributed by atoms with Crippen LogP contribution in [0.1, 0.15) is 43.1 Å². The van der Waals surface area contributed by atoms with Gasteiger partial charge in [-0.2, -0.15) is 10.4 Å². The van der Waals surface area contributed by atoms with Gasteiger partial charge in [-0.25, -0.2) is 0 Å². The van der Waals surface area contributed by atoms with Crippen LogP contribution >= 0.6 is 0 Å². The highest BCUT2D eigenvalue weighted by molar-refractivity contribution is 5.76. The van der Waals surface area contributed by atoms with E-state index in [2.05, 4.69) is 40.4 Å². The second-order valence-electron chi connectivity index (χ2n) is 6.90. The van der Waals surface area contributed by atoms with Crippen molar-refractivity contribution in [3.05, 3.63) is 47.3 Å². The molecule has 1 heterocycles. The fourth-order valence-corrected chi connectivity index (χ4v) is 3.40. The topological polar surface area (TPSA) is 74.0 Å². The smallest absolute Gasteiger partial charge is 0.220 e. The standard InChI is InChI=1S/C22H31N5O/c1-4-26(20-10-6-5-7-11-20)16-9-15-24-22(28)13-12-21-18(2)25-27(19(21)3)17-8-14-23/h5-7,10-11H,4,8-9,12-13,15-17H2,1-3H3,(H,24,28). The first-order valence-corrected chi connectivity index (χ1v) is 10.0. The molecule has 0 aliphatic rings. The van der Waals surface area contributed by atoms with Gasteiger partial charge in [-0.05, 0) is 51.3 Å². The molecule has 1 N–H and O–H groups in total. The largest absolute Gasteiger partial charge is 0.372 e. The summed E-state index contributed by atoms with van der Waals surface area (Å²) < 4.78 is 1.87. The van der Waals surface area contributed by atoms with Gasteiger partial charge >= 0.3 is 0 Å². The van der Waals surface area contributed by atoms with Gasteiger partial charge in [-0.1, -0.05) is 18.2 Å². The van der Waals surface area contributed by atoms with Crippen LogP contribution in [0.4, 0.5) is 5.69 Å². The van der Waals surface area contributed by atoms with E-state index in [0.717, 1.165) is 36.5 Å². The number of carbonyl (C=O) groups is 1. The molecule has 28 heavy (non-hydrogen) atoms. The Hall–Kier alpha value is -2.81. The summed E-state index contributed by atoms with van der Waals surface area (Å²) in [5, 5.41) is 16.3. The summed E-state index contributed by atoms with van der Waals surface area (Å²) >= 11 is 0. The average Bonchev–Trinajstić information content (AvgIpc) is 2.98. The lowest BCUT2D eigenvalue weighted by Gasteiger charge is -2.23. The molecule has 0 aliphatic carbocycles. The molecule has 2 aromatic rings. The molecule has 1 amide bonds. The fraction of sp³-hybridized carbons (Fsp3) is 0.500. The molecule has 6 heteroatoms. The third-order valence-electron chi connectivity index (χ3n) is 5.00. The monoisotopic (exact) mass is 381 g/mol. The molecule has 0 spiro atoms. The predicted octanol–water partition coefficient (Wildman–Crippen LogP) is 3.38. The third-order valence-corrected chi connectivity index (χ3v) is 5.00. The molecule has 0 saturated heterocycles. The first-order valence-electron chi connectivity index (χ1n) is 10.0. The number of amides is 1. The van der Waals surface area contributed by atoms with E-state index < -0.39 is 0 Å². The molecule has 0 bridgehead atoms. The maximum absolute atomic E-state index is 12.2. The van der Waals surface area contributed by atoms with Crippen molar-refractivity contribution < 1.29 is 4.79 Å². The van der Waals surface area contributed by atoms with Crippen molar-refractivity contribution in [2.24, 2.45) is 0 Å². The van der Waals surface area contributed by atoms with Crippen molar-refractivity contribution in [2.75, 3.05) is 24.5 Å². The molecule has 0 aliphatic heterocycles. The van der Waals surface area contributed by atoms with Crippen LogP contribution in [-0.2, 0) is 17.8 Å². The van der Waals surface area contributed by atoms with E-state index in [1.54, 1.807) is 0 Å². The van der Waals surface area contributed by atoms with Gasteiger partial charge in [0.15, 0.2) is 0 Å². The second-order valence-corrected chi connectivity index (χ2v) is 6.90. The predicted molar refractivity (Wildman–Crippen MR) is 112 cm³/mol. The normalized spacial score (nSPS) is 10.5. The van der Waals surface area contributed by atoms with Crippen molar-refractivity contribution in [2.45, 2.75) is 53.0 Å². The van der Waals surface area contributed by atoms with Crippen LogP contribution in [0.5, 0.6) is 0 Å². The van der Waals surface area contributed by atoms with Gasteiger partial charge < -0.3 is 10.2 Å². The van der Waals surface area contributed by atoms with Gasteiger partial charge in [0.1, 0.15) is 0 Å². The highest BCUT2D eigenvalue weighted by Crippen LogP contribution is 2.16. The number of nitrogens with one attached hydrogen (secondary N) is 1. The number of hydrogen-bond acceptors (Lipinski definition) is 4. The van der Waals surface area contributed by atoms with Gasteiger partial charge in [0.05, 0.1) is 24.7 Å². The highest BCUT2D eigenvalue weighted by Gasteiger charge is 2.13. The van der Waals surface area contributed by atoms with Crippen molar-refractivity contribution in [3.63, 3.8) is 0 Å². The Bertz CT molecular complexity index is 791. The van der Waals surface area contributed by atoms with E-state index in [0.29, 0.717) is 32.4 Å². The number of nitrogens with zero attached hydrogens (tertiary/aromatic N) is 4.